The molecular weight excluding hydrogens is 166 g/mol. The highest BCUT2D eigenvalue weighted by Gasteiger charge is 1.97. The maximum Gasteiger partial charge on any atom is 0.0587 e. The van der Waals surface area contributed by atoms with E-state index in [1.807, 2.05) is 6.92 Å². The molecule has 0 fully saturated rings. The molecule has 0 bridgehead atoms. The first-order chi connectivity index (χ1) is 6.24. The van der Waals surface area contributed by atoms with Crippen LogP contribution in [0.5, 0.6) is 0 Å². The van der Waals surface area contributed by atoms with Crippen LogP contribution in [0, 0.1) is 5.41 Å². The average molecular weight is 178 g/mol. The van der Waals surface area contributed by atoms with Crippen molar-refractivity contribution in [3.63, 3.8) is 0 Å². The molecule has 0 aromatic rings. The standard InChI is InChI=1S/C10H13NO2/c1-2-7-13-10(12)8-3-5-9(11)6-4-8/h3-6,11-12H,2,7H2,1H3/p-1. The van der Waals surface area contributed by atoms with Gasteiger partial charge >= 0.3 is 0 Å². The summed E-state index contributed by atoms with van der Waals surface area (Å²) in [7, 11) is 0. The zero-order chi connectivity index (χ0) is 9.68. The van der Waals surface area contributed by atoms with Gasteiger partial charge in [0.1, 0.15) is 0 Å². The van der Waals surface area contributed by atoms with Crippen molar-refractivity contribution in [1.29, 1.82) is 5.41 Å². The van der Waals surface area contributed by atoms with Gasteiger partial charge in [0.05, 0.1) is 11.7 Å². The molecule has 70 valence electrons. The van der Waals surface area contributed by atoms with Crippen molar-refractivity contribution < 1.29 is 9.84 Å². The predicted octanol–water partition coefficient (Wildman–Crippen LogP) is 1.13. The van der Waals surface area contributed by atoms with Gasteiger partial charge in [0.15, 0.2) is 0 Å². The van der Waals surface area contributed by atoms with Crippen LogP contribution in [-0.2, 0) is 4.74 Å². The normalized spacial score (nSPS) is 14.8. The van der Waals surface area contributed by atoms with Gasteiger partial charge in [0, 0.05) is 0 Å². The lowest BCUT2D eigenvalue weighted by Gasteiger charge is -2.17. The Morgan fingerprint density at radius 2 is 2.00 bits per heavy atom. The van der Waals surface area contributed by atoms with E-state index in [0.717, 1.165) is 6.42 Å². The van der Waals surface area contributed by atoms with Crippen molar-refractivity contribution in [3.8, 4) is 0 Å². The molecule has 0 saturated carbocycles. The first-order valence-electron chi connectivity index (χ1n) is 4.23. The number of ether oxygens (including phenoxy) is 1. The Hall–Kier alpha value is -1.51. The molecule has 1 aliphatic carbocycles. The van der Waals surface area contributed by atoms with Gasteiger partial charge in [-0.1, -0.05) is 19.1 Å². The third-order valence-corrected chi connectivity index (χ3v) is 1.56. The predicted molar refractivity (Wildman–Crippen MR) is 49.3 cm³/mol. The van der Waals surface area contributed by atoms with E-state index < -0.39 is 0 Å². The Balaban J connectivity index is 2.64. The number of nitrogens with one attached hydrogen (secondary N) is 1. The molecule has 0 atom stereocenters. The van der Waals surface area contributed by atoms with E-state index in [0.29, 0.717) is 17.9 Å². The Kier molecular flexibility index (Phi) is 3.31. The molecule has 0 spiro atoms. The monoisotopic (exact) mass is 178 g/mol. The van der Waals surface area contributed by atoms with Crippen molar-refractivity contribution in [2.75, 3.05) is 6.61 Å². The summed E-state index contributed by atoms with van der Waals surface area (Å²) in [6, 6.07) is 0. The Morgan fingerprint density at radius 3 is 2.54 bits per heavy atom. The first-order valence-corrected chi connectivity index (χ1v) is 4.23. The molecule has 0 heterocycles. The van der Waals surface area contributed by atoms with Gasteiger partial charge in [-0.3, -0.25) is 0 Å². The minimum Gasteiger partial charge on any atom is -0.613 e. The maximum atomic E-state index is 11.2. The van der Waals surface area contributed by atoms with Crippen LogP contribution in [-0.4, -0.2) is 12.3 Å². The maximum absolute atomic E-state index is 11.2. The number of rotatable bonds is 3. The average Bonchev–Trinajstić information content (AvgIpc) is 2.15. The summed E-state index contributed by atoms with van der Waals surface area (Å²) in [4.78, 5) is 0. The molecule has 1 aliphatic rings. The summed E-state index contributed by atoms with van der Waals surface area (Å²) in [6.07, 6.45) is 7.16. The summed E-state index contributed by atoms with van der Waals surface area (Å²) < 4.78 is 4.92. The SMILES string of the molecule is CCCOC([O-])=C1C=CC(=N)C=C1. The fraction of sp³-hybridized carbons (Fsp3) is 0.300. The molecule has 13 heavy (non-hydrogen) atoms. The summed E-state index contributed by atoms with van der Waals surface area (Å²) in [5.74, 6) is -0.318. The van der Waals surface area contributed by atoms with Crippen molar-refractivity contribution >= 4 is 5.71 Å². The summed E-state index contributed by atoms with van der Waals surface area (Å²) in [5.41, 5.74) is 0.900. The van der Waals surface area contributed by atoms with E-state index in [4.69, 9.17) is 10.1 Å². The van der Waals surface area contributed by atoms with Gasteiger partial charge in [-0.05, 0) is 30.8 Å². The van der Waals surface area contributed by atoms with Crippen LogP contribution in [0.2, 0.25) is 0 Å². The van der Waals surface area contributed by atoms with E-state index in [1.165, 1.54) is 0 Å². The number of hydrogen-bond acceptors (Lipinski definition) is 3. The quantitative estimate of drug-likeness (QED) is 0.658. The first kappa shape index (κ1) is 9.58. The van der Waals surface area contributed by atoms with Crippen LogP contribution in [0.4, 0.5) is 0 Å². The second-order valence-electron chi connectivity index (χ2n) is 2.71. The zero-order valence-corrected chi connectivity index (χ0v) is 7.54. The van der Waals surface area contributed by atoms with E-state index >= 15 is 0 Å². The molecule has 0 aromatic carbocycles. The van der Waals surface area contributed by atoms with Crippen LogP contribution in [0.3, 0.4) is 0 Å². The van der Waals surface area contributed by atoms with Crippen LogP contribution in [0.15, 0.2) is 35.8 Å². The molecule has 0 aliphatic heterocycles. The Bertz CT molecular complexity index is 269. The van der Waals surface area contributed by atoms with E-state index in [2.05, 4.69) is 0 Å². The highest BCUT2D eigenvalue weighted by molar-refractivity contribution is 6.03. The van der Waals surface area contributed by atoms with E-state index in [9.17, 15) is 5.11 Å². The molecule has 0 radical (unpaired) electrons. The Labute approximate surface area is 77.5 Å². The van der Waals surface area contributed by atoms with Crippen molar-refractivity contribution in [2.24, 2.45) is 0 Å². The molecular formula is C10H12NO2-. The second kappa shape index (κ2) is 4.50. The van der Waals surface area contributed by atoms with Crippen LogP contribution < -0.4 is 5.11 Å². The fourth-order valence-corrected chi connectivity index (χ4v) is 0.884. The van der Waals surface area contributed by atoms with Crippen LogP contribution >= 0.6 is 0 Å². The molecule has 3 nitrogen and oxygen atoms in total. The van der Waals surface area contributed by atoms with E-state index in [1.54, 1.807) is 24.3 Å². The number of hydrogen-bond donors (Lipinski definition) is 1. The lowest BCUT2D eigenvalue weighted by atomic mass is 10.1. The van der Waals surface area contributed by atoms with E-state index in [-0.39, 0.29) is 5.95 Å². The minimum absolute atomic E-state index is 0.318. The van der Waals surface area contributed by atoms with Crippen molar-refractivity contribution in [2.45, 2.75) is 13.3 Å². The third-order valence-electron chi connectivity index (χ3n) is 1.56. The summed E-state index contributed by atoms with van der Waals surface area (Å²) in [5, 5.41) is 18.5. The van der Waals surface area contributed by atoms with Gasteiger partial charge in [-0.25, -0.2) is 0 Å². The van der Waals surface area contributed by atoms with Crippen LogP contribution in [0.25, 0.3) is 0 Å². The lowest BCUT2D eigenvalue weighted by Crippen LogP contribution is -2.12. The summed E-state index contributed by atoms with van der Waals surface area (Å²) >= 11 is 0. The van der Waals surface area contributed by atoms with Gasteiger partial charge in [0.25, 0.3) is 0 Å². The van der Waals surface area contributed by atoms with Crippen molar-refractivity contribution in [1.82, 2.24) is 0 Å². The highest BCUT2D eigenvalue weighted by Crippen LogP contribution is 2.09. The largest absolute Gasteiger partial charge is 0.613 e. The number of allylic oxidation sites excluding steroid dienone is 5. The molecule has 0 amide bonds. The smallest absolute Gasteiger partial charge is 0.0587 e. The van der Waals surface area contributed by atoms with Gasteiger partial charge in [-0.15, -0.1) is 0 Å². The molecule has 0 saturated heterocycles. The zero-order valence-electron chi connectivity index (χ0n) is 7.54. The second-order valence-corrected chi connectivity index (χ2v) is 2.71. The Morgan fingerprint density at radius 1 is 1.38 bits per heavy atom. The van der Waals surface area contributed by atoms with Gasteiger partial charge in [0.2, 0.25) is 0 Å². The van der Waals surface area contributed by atoms with Gasteiger partial charge in [-0.2, -0.15) is 0 Å². The van der Waals surface area contributed by atoms with Crippen molar-refractivity contribution in [3.05, 3.63) is 35.8 Å². The topological polar surface area (TPSA) is 56.1 Å². The molecule has 0 unspecified atom stereocenters. The minimum atomic E-state index is -0.318. The van der Waals surface area contributed by atoms with Crippen LogP contribution in [0.1, 0.15) is 13.3 Å². The molecule has 3 heteroatoms. The molecule has 1 rings (SSSR count). The van der Waals surface area contributed by atoms with Gasteiger partial charge < -0.3 is 15.3 Å². The lowest BCUT2D eigenvalue weighted by molar-refractivity contribution is -0.358. The fourth-order valence-electron chi connectivity index (χ4n) is 0.884. The molecule has 0 aromatic heterocycles. The highest BCUT2D eigenvalue weighted by atomic mass is 16.6. The third kappa shape index (κ3) is 2.78. The summed E-state index contributed by atoms with van der Waals surface area (Å²) in [6.45, 7) is 2.39. The molecule has 1 N–H and O–H groups in total.